The standard InChI is InChI=1S/C31H34F3N5/c1-20-9-10-21(2)28(13-20)30(37-18-22-11-12-22)24-6-4-7-25(15-24)36-19-27-16-29(31(32,33)34)38-39(27)26-8-3-5-23(14-26)17-35/h3-10,13-16,22,30,36-37H,11-12,17-19,35H2,1-2H3. The highest BCUT2D eigenvalue weighted by Gasteiger charge is 2.35. The Morgan fingerprint density at radius 1 is 1.00 bits per heavy atom. The topological polar surface area (TPSA) is 67.9 Å². The molecule has 0 radical (unpaired) electrons. The van der Waals surface area contributed by atoms with Crippen LogP contribution in [0, 0.1) is 19.8 Å². The fraction of sp³-hybridized carbons (Fsp3) is 0.323. The van der Waals surface area contributed by atoms with Crippen molar-refractivity contribution in [3.8, 4) is 5.69 Å². The number of nitrogens with zero attached hydrogens (tertiary/aromatic N) is 2. The van der Waals surface area contributed by atoms with Gasteiger partial charge in [0.1, 0.15) is 0 Å². The molecule has 39 heavy (non-hydrogen) atoms. The quantitative estimate of drug-likeness (QED) is 0.213. The van der Waals surface area contributed by atoms with E-state index in [0.29, 0.717) is 11.4 Å². The molecule has 1 saturated carbocycles. The van der Waals surface area contributed by atoms with Crippen LogP contribution in [0.3, 0.4) is 0 Å². The minimum atomic E-state index is -4.54. The van der Waals surface area contributed by atoms with E-state index < -0.39 is 11.9 Å². The number of rotatable bonds is 10. The van der Waals surface area contributed by atoms with Gasteiger partial charge in [-0.25, -0.2) is 4.68 Å². The molecule has 1 atom stereocenters. The van der Waals surface area contributed by atoms with Crippen molar-refractivity contribution in [3.63, 3.8) is 0 Å². The summed E-state index contributed by atoms with van der Waals surface area (Å²) in [5.74, 6) is 0.722. The number of aryl methyl sites for hydroxylation is 2. The van der Waals surface area contributed by atoms with Crippen LogP contribution in [0.5, 0.6) is 0 Å². The number of benzene rings is 3. The number of nitrogens with two attached hydrogens (primary N) is 1. The van der Waals surface area contributed by atoms with Crippen LogP contribution < -0.4 is 16.4 Å². The molecule has 5 rings (SSSR count). The second-order valence-electron chi connectivity index (χ2n) is 10.4. The van der Waals surface area contributed by atoms with Crippen molar-refractivity contribution in [1.29, 1.82) is 0 Å². The van der Waals surface area contributed by atoms with Gasteiger partial charge in [0.2, 0.25) is 0 Å². The largest absolute Gasteiger partial charge is 0.435 e. The van der Waals surface area contributed by atoms with Gasteiger partial charge in [-0.05, 0) is 91.7 Å². The van der Waals surface area contributed by atoms with Gasteiger partial charge in [-0.3, -0.25) is 0 Å². The van der Waals surface area contributed by atoms with Crippen LogP contribution in [0.2, 0.25) is 0 Å². The van der Waals surface area contributed by atoms with E-state index in [1.54, 1.807) is 18.2 Å². The van der Waals surface area contributed by atoms with Crippen LogP contribution in [-0.4, -0.2) is 16.3 Å². The Morgan fingerprint density at radius 2 is 1.79 bits per heavy atom. The number of aromatic nitrogens is 2. The van der Waals surface area contributed by atoms with Crippen LogP contribution in [0.15, 0.2) is 72.8 Å². The van der Waals surface area contributed by atoms with Gasteiger partial charge in [0, 0.05) is 12.2 Å². The number of hydrogen-bond acceptors (Lipinski definition) is 4. The van der Waals surface area contributed by atoms with Crippen molar-refractivity contribution in [2.45, 2.75) is 52.0 Å². The Morgan fingerprint density at radius 3 is 2.54 bits per heavy atom. The first-order valence-electron chi connectivity index (χ1n) is 13.3. The summed E-state index contributed by atoms with van der Waals surface area (Å²) in [7, 11) is 0. The average Bonchev–Trinajstić information content (AvgIpc) is 3.64. The minimum Gasteiger partial charge on any atom is -0.379 e. The second kappa shape index (κ2) is 11.2. The summed E-state index contributed by atoms with van der Waals surface area (Å²) in [5.41, 5.74) is 12.2. The van der Waals surface area contributed by atoms with E-state index >= 15 is 0 Å². The van der Waals surface area contributed by atoms with Crippen LogP contribution in [-0.2, 0) is 19.3 Å². The van der Waals surface area contributed by atoms with Crippen LogP contribution in [0.25, 0.3) is 5.69 Å². The third-order valence-electron chi connectivity index (χ3n) is 7.21. The molecular formula is C31H34F3N5. The zero-order valence-electron chi connectivity index (χ0n) is 22.2. The zero-order valence-corrected chi connectivity index (χ0v) is 22.2. The van der Waals surface area contributed by atoms with E-state index in [4.69, 9.17) is 5.73 Å². The molecule has 5 nitrogen and oxygen atoms in total. The van der Waals surface area contributed by atoms with Gasteiger partial charge >= 0.3 is 6.18 Å². The van der Waals surface area contributed by atoms with Gasteiger partial charge < -0.3 is 16.4 Å². The molecule has 4 N–H and O–H groups in total. The first-order valence-corrected chi connectivity index (χ1v) is 13.3. The summed E-state index contributed by atoms with van der Waals surface area (Å²) < 4.78 is 42.1. The highest BCUT2D eigenvalue weighted by molar-refractivity contribution is 5.50. The summed E-state index contributed by atoms with van der Waals surface area (Å²) in [6.45, 7) is 5.64. The molecule has 1 aromatic heterocycles. The Hall–Kier alpha value is -3.62. The third-order valence-corrected chi connectivity index (χ3v) is 7.21. The molecule has 0 amide bonds. The molecule has 8 heteroatoms. The molecule has 1 fully saturated rings. The van der Waals surface area contributed by atoms with Crippen molar-refractivity contribution >= 4 is 5.69 Å². The molecule has 1 aliphatic carbocycles. The number of alkyl halides is 3. The van der Waals surface area contributed by atoms with Gasteiger partial charge in [0.25, 0.3) is 0 Å². The van der Waals surface area contributed by atoms with Gasteiger partial charge in [-0.15, -0.1) is 0 Å². The van der Waals surface area contributed by atoms with E-state index in [2.05, 4.69) is 59.9 Å². The van der Waals surface area contributed by atoms with Crippen LogP contribution >= 0.6 is 0 Å². The Balaban J connectivity index is 1.42. The summed E-state index contributed by atoms with van der Waals surface area (Å²) in [4.78, 5) is 0. The molecule has 0 saturated heterocycles. The molecule has 1 unspecified atom stereocenters. The summed E-state index contributed by atoms with van der Waals surface area (Å²) in [6.07, 6.45) is -2.02. The van der Waals surface area contributed by atoms with Crippen molar-refractivity contribution in [1.82, 2.24) is 15.1 Å². The van der Waals surface area contributed by atoms with Crippen LogP contribution in [0.4, 0.5) is 18.9 Å². The van der Waals surface area contributed by atoms with E-state index in [0.717, 1.165) is 35.3 Å². The number of nitrogens with one attached hydrogen (secondary N) is 2. The van der Waals surface area contributed by atoms with Crippen molar-refractivity contribution in [3.05, 3.63) is 112 Å². The minimum absolute atomic E-state index is 0.0219. The van der Waals surface area contributed by atoms with E-state index in [-0.39, 0.29) is 19.1 Å². The summed E-state index contributed by atoms with van der Waals surface area (Å²) in [5, 5.41) is 11.0. The Labute approximate surface area is 227 Å². The lowest BCUT2D eigenvalue weighted by molar-refractivity contribution is -0.141. The molecule has 204 valence electrons. The predicted molar refractivity (Wildman–Crippen MR) is 149 cm³/mol. The first-order chi connectivity index (χ1) is 18.7. The monoisotopic (exact) mass is 533 g/mol. The second-order valence-corrected chi connectivity index (χ2v) is 10.4. The van der Waals surface area contributed by atoms with Crippen molar-refractivity contribution in [2.75, 3.05) is 11.9 Å². The fourth-order valence-corrected chi connectivity index (χ4v) is 4.83. The SMILES string of the molecule is Cc1ccc(C)c(C(NCC2CC2)c2cccc(NCc3cc(C(F)(F)F)nn3-c3cccc(CN)c3)c2)c1. The first kappa shape index (κ1) is 27.0. The number of halogens is 3. The Bertz CT molecular complexity index is 1440. The van der Waals surface area contributed by atoms with Crippen LogP contribution in [0.1, 0.15) is 58.1 Å². The third kappa shape index (κ3) is 6.52. The zero-order chi connectivity index (χ0) is 27.6. The summed E-state index contributed by atoms with van der Waals surface area (Å²) in [6, 6.07) is 22.8. The van der Waals surface area contributed by atoms with Gasteiger partial charge in [-0.1, -0.05) is 48.0 Å². The lowest BCUT2D eigenvalue weighted by Crippen LogP contribution is -2.25. The summed E-state index contributed by atoms with van der Waals surface area (Å²) >= 11 is 0. The van der Waals surface area contributed by atoms with Gasteiger partial charge in [0.15, 0.2) is 5.69 Å². The van der Waals surface area contributed by atoms with Crippen molar-refractivity contribution in [2.24, 2.45) is 11.7 Å². The average molecular weight is 534 g/mol. The number of hydrogen-bond donors (Lipinski definition) is 3. The molecule has 0 bridgehead atoms. The molecular weight excluding hydrogens is 499 g/mol. The molecule has 1 heterocycles. The maximum absolute atomic E-state index is 13.6. The molecule has 4 aromatic rings. The Kier molecular flexibility index (Phi) is 7.77. The van der Waals surface area contributed by atoms with Crippen molar-refractivity contribution < 1.29 is 13.2 Å². The maximum Gasteiger partial charge on any atom is 0.435 e. The highest BCUT2D eigenvalue weighted by Crippen LogP contribution is 2.33. The smallest absolute Gasteiger partial charge is 0.379 e. The molecule has 3 aromatic carbocycles. The lowest BCUT2D eigenvalue weighted by Gasteiger charge is -2.23. The van der Waals surface area contributed by atoms with E-state index in [9.17, 15) is 13.2 Å². The highest BCUT2D eigenvalue weighted by atomic mass is 19.4. The van der Waals surface area contributed by atoms with E-state index in [1.165, 1.54) is 34.2 Å². The molecule has 0 aliphatic heterocycles. The van der Waals surface area contributed by atoms with E-state index in [1.807, 2.05) is 18.2 Å². The molecule has 1 aliphatic rings. The number of anilines is 1. The van der Waals surface area contributed by atoms with Gasteiger partial charge in [-0.2, -0.15) is 18.3 Å². The van der Waals surface area contributed by atoms with Gasteiger partial charge in [0.05, 0.1) is 24.0 Å². The molecule has 0 spiro atoms. The predicted octanol–water partition coefficient (Wildman–Crippen LogP) is 6.67. The normalized spacial score (nSPS) is 14.4. The fourth-order valence-electron chi connectivity index (χ4n) is 4.83. The lowest BCUT2D eigenvalue weighted by atomic mass is 9.93. The maximum atomic E-state index is 13.6.